The Morgan fingerprint density at radius 2 is 2.67 bits per heavy atom. The van der Waals surface area contributed by atoms with Crippen LogP contribution in [0.4, 0.5) is 0 Å². The Kier molecular flexibility index (Phi) is 2.27. The number of imidazole rings is 1. The molecule has 0 amide bonds. The number of nitrogens with zero attached hydrogens (tertiary/aromatic N) is 1. The molecule has 3 heteroatoms. The Morgan fingerprint density at radius 3 is 3.22 bits per heavy atom. The molecule has 1 radical (unpaired) electrons. The molecule has 1 heterocycles. The van der Waals surface area contributed by atoms with Gasteiger partial charge < -0.3 is 10.3 Å². The molecule has 0 saturated carbocycles. The molecule has 2 N–H and O–H groups in total. The molecule has 1 aromatic rings. The van der Waals surface area contributed by atoms with Crippen molar-refractivity contribution < 1.29 is 5.32 Å². The van der Waals surface area contributed by atoms with E-state index in [9.17, 15) is 0 Å². The third-order valence-corrected chi connectivity index (χ3v) is 1.09. The van der Waals surface area contributed by atoms with E-state index < -0.39 is 0 Å². The van der Waals surface area contributed by atoms with Gasteiger partial charge in [-0.1, -0.05) is 0 Å². The van der Waals surface area contributed by atoms with E-state index in [0.29, 0.717) is 0 Å². The molecule has 0 bridgehead atoms. The second kappa shape index (κ2) is 3.25. The zero-order valence-electron chi connectivity index (χ0n) is 5.22. The maximum Gasteiger partial charge on any atom is 0.111 e. The monoisotopic (exact) mass is 124 g/mol. The number of H-pyrrole nitrogens is 1. The van der Waals surface area contributed by atoms with Crippen LogP contribution >= 0.6 is 0 Å². The summed E-state index contributed by atoms with van der Waals surface area (Å²) in [7, 11) is 3.49. The molecule has 0 aliphatic carbocycles. The fraction of sp³-hybridized carbons (Fsp3) is 0.333. The molecule has 0 fully saturated rings. The first-order chi connectivity index (χ1) is 4.43. The first-order valence-corrected chi connectivity index (χ1v) is 2.91. The van der Waals surface area contributed by atoms with Gasteiger partial charge in [0.2, 0.25) is 0 Å². The summed E-state index contributed by atoms with van der Waals surface area (Å²) in [6.45, 7) is 0.869. The molecular formula is C6H10N3. The van der Waals surface area contributed by atoms with Gasteiger partial charge in [-0.25, -0.2) is 4.98 Å². The molecule has 49 valence electrons. The summed E-state index contributed by atoms with van der Waals surface area (Å²) >= 11 is 0. The lowest BCUT2D eigenvalue weighted by molar-refractivity contribution is -0.595. The third-order valence-electron chi connectivity index (χ3n) is 1.09. The molecule has 9 heavy (non-hydrogen) atoms. The van der Waals surface area contributed by atoms with E-state index in [0.717, 1.165) is 18.8 Å². The van der Waals surface area contributed by atoms with Crippen molar-refractivity contribution in [2.75, 3.05) is 6.54 Å². The minimum absolute atomic E-state index is 0.869. The summed E-state index contributed by atoms with van der Waals surface area (Å²) < 4.78 is 0. The second-order valence-corrected chi connectivity index (χ2v) is 1.79. The van der Waals surface area contributed by atoms with E-state index in [4.69, 9.17) is 0 Å². The van der Waals surface area contributed by atoms with Crippen LogP contribution in [0, 0.1) is 7.05 Å². The van der Waals surface area contributed by atoms with Crippen molar-refractivity contribution in [3.63, 3.8) is 0 Å². The highest BCUT2D eigenvalue weighted by Crippen LogP contribution is 1.85. The third kappa shape index (κ3) is 1.85. The minimum Gasteiger partial charge on any atom is -0.348 e. The number of aromatic amines is 1. The molecule has 0 aliphatic heterocycles. The topological polar surface area (TPSA) is 44.3 Å². The summed E-state index contributed by atoms with van der Waals surface area (Å²) in [5.41, 5.74) is 0. The fourth-order valence-electron chi connectivity index (χ4n) is 0.641. The maximum atomic E-state index is 4.03. The number of rotatable bonds is 3. The highest BCUT2D eigenvalue weighted by atomic mass is 14.9. The van der Waals surface area contributed by atoms with Crippen molar-refractivity contribution in [1.29, 1.82) is 0 Å². The average molecular weight is 124 g/mol. The van der Waals surface area contributed by atoms with E-state index >= 15 is 0 Å². The first-order valence-electron chi connectivity index (χ1n) is 2.91. The average Bonchev–Trinajstić information content (AvgIpc) is 2.34. The molecule has 0 atom stereocenters. The molecule has 3 nitrogen and oxygen atoms in total. The van der Waals surface area contributed by atoms with Gasteiger partial charge in [0.15, 0.2) is 0 Å². The summed E-state index contributed by atoms with van der Waals surface area (Å²) in [6, 6.07) is 0. The number of hydrogen-bond donors (Lipinski definition) is 2. The number of aromatic nitrogens is 2. The Labute approximate surface area is 54.5 Å². The van der Waals surface area contributed by atoms with Crippen LogP contribution < -0.4 is 5.32 Å². The summed E-state index contributed by atoms with van der Waals surface area (Å²) in [4.78, 5) is 7.02. The van der Waals surface area contributed by atoms with Crippen molar-refractivity contribution in [2.24, 2.45) is 0 Å². The van der Waals surface area contributed by atoms with Gasteiger partial charge in [0.1, 0.15) is 5.82 Å². The standard InChI is InChI=1S/C6H10N3/c1-7-3-2-6-8-4-5-9-6/h4-5,7H,1-3H2,(H,8,9). The molecule has 0 aromatic carbocycles. The van der Waals surface area contributed by atoms with Gasteiger partial charge >= 0.3 is 0 Å². The predicted molar refractivity (Wildman–Crippen MR) is 33.5 cm³/mol. The lowest BCUT2D eigenvalue weighted by atomic mass is 10.4. The number of nitrogens with one attached hydrogen (secondary N) is 2. The Hall–Kier alpha value is -0.830. The van der Waals surface area contributed by atoms with Crippen LogP contribution in [-0.4, -0.2) is 16.5 Å². The number of hydrogen-bond acceptors (Lipinski definition) is 2. The van der Waals surface area contributed by atoms with E-state index in [2.05, 4.69) is 22.3 Å². The van der Waals surface area contributed by atoms with Crippen molar-refractivity contribution in [3.05, 3.63) is 25.3 Å². The van der Waals surface area contributed by atoms with Gasteiger partial charge in [0, 0.05) is 12.4 Å². The van der Waals surface area contributed by atoms with E-state index in [1.807, 2.05) is 6.20 Å². The van der Waals surface area contributed by atoms with Crippen molar-refractivity contribution in [3.8, 4) is 0 Å². The van der Waals surface area contributed by atoms with Gasteiger partial charge in [-0.2, -0.15) is 0 Å². The molecule has 0 unspecified atom stereocenters. The Bertz CT molecular complexity index is 145. The summed E-state index contributed by atoms with van der Waals surface area (Å²) in [5.74, 6) is 1.01. The van der Waals surface area contributed by atoms with Gasteiger partial charge in [0.05, 0.1) is 13.0 Å². The minimum atomic E-state index is 0.869. The molecule has 0 saturated heterocycles. The normalized spacial score (nSPS) is 9.89. The van der Waals surface area contributed by atoms with Crippen LogP contribution in [0.1, 0.15) is 5.82 Å². The fourth-order valence-corrected chi connectivity index (χ4v) is 0.641. The van der Waals surface area contributed by atoms with Gasteiger partial charge in [-0.05, 0) is 0 Å². The van der Waals surface area contributed by atoms with Crippen molar-refractivity contribution >= 4 is 0 Å². The Morgan fingerprint density at radius 1 is 1.78 bits per heavy atom. The maximum absolute atomic E-state index is 4.03. The first kappa shape index (κ1) is 6.29. The van der Waals surface area contributed by atoms with Gasteiger partial charge in [-0.3, -0.25) is 0 Å². The molecule has 1 rings (SSSR count). The van der Waals surface area contributed by atoms with Crippen LogP contribution in [0.25, 0.3) is 0 Å². The quantitative estimate of drug-likeness (QED) is 0.503. The summed E-state index contributed by atoms with van der Waals surface area (Å²) in [6.07, 6.45) is 4.48. The van der Waals surface area contributed by atoms with Crippen LogP contribution in [-0.2, 0) is 6.42 Å². The van der Waals surface area contributed by atoms with Crippen LogP contribution in [0.2, 0.25) is 0 Å². The molecule has 1 aromatic heterocycles. The van der Waals surface area contributed by atoms with Crippen molar-refractivity contribution in [1.82, 2.24) is 9.97 Å². The van der Waals surface area contributed by atoms with E-state index in [1.165, 1.54) is 0 Å². The largest absolute Gasteiger partial charge is 0.348 e. The lowest BCUT2D eigenvalue weighted by Gasteiger charge is -1.90. The summed E-state index contributed by atoms with van der Waals surface area (Å²) in [5, 5.41) is 2.80. The Balaban J connectivity index is 2.30. The van der Waals surface area contributed by atoms with Gasteiger partial charge in [0.25, 0.3) is 0 Å². The zero-order chi connectivity index (χ0) is 6.53. The SMILES string of the molecule is [CH2-][NH+]CCc1ncc[nH]1. The van der Waals surface area contributed by atoms with Gasteiger partial charge in [-0.15, -0.1) is 7.05 Å². The van der Waals surface area contributed by atoms with E-state index in [-0.39, 0.29) is 0 Å². The van der Waals surface area contributed by atoms with Crippen molar-refractivity contribution in [2.45, 2.75) is 6.42 Å². The second-order valence-electron chi connectivity index (χ2n) is 1.79. The molecule has 0 aliphatic rings. The van der Waals surface area contributed by atoms with E-state index in [1.54, 1.807) is 6.20 Å². The van der Waals surface area contributed by atoms with Crippen LogP contribution in [0.3, 0.4) is 0 Å². The highest BCUT2D eigenvalue weighted by Gasteiger charge is 1.92. The lowest BCUT2D eigenvalue weighted by Crippen LogP contribution is -2.77. The smallest absolute Gasteiger partial charge is 0.111 e. The van der Waals surface area contributed by atoms with Crippen LogP contribution in [0.15, 0.2) is 12.4 Å². The predicted octanol–water partition coefficient (Wildman–Crippen LogP) is -0.907. The highest BCUT2D eigenvalue weighted by molar-refractivity contribution is 4.86. The zero-order valence-corrected chi connectivity index (χ0v) is 5.22. The van der Waals surface area contributed by atoms with Crippen LogP contribution in [0.5, 0.6) is 0 Å². The molecular weight excluding hydrogens is 114 g/mol. The molecule has 0 spiro atoms.